The summed E-state index contributed by atoms with van der Waals surface area (Å²) in [7, 11) is 0. The van der Waals surface area contributed by atoms with Crippen molar-refractivity contribution in [2.75, 3.05) is 0 Å². The maximum Gasteiger partial charge on any atom is 0.341 e. The number of H-pyrrole nitrogens is 1. The minimum absolute atomic E-state index is 0.0463. The van der Waals surface area contributed by atoms with Gasteiger partial charge in [0.15, 0.2) is 5.43 Å². The topological polar surface area (TPSA) is 93.9 Å². The van der Waals surface area contributed by atoms with Crippen LogP contribution in [0, 0.1) is 11.3 Å². The third kappa shape index (κ3) is 1.32. The van der Waals surface area contributed by atoms with E-state index in [2.05, 4.69) is 4.98 Å². The Morgan fingerprint density at radius 2 is 2.33 bits per heavy atom. The van der Waals surface area contributed by atoms with Gasteiger partial charge in [-0.3, -0.25) is 4.79 Å². The molecule has 0 amide bonds. The van der Waals surface area contributed by atoms with E-state index >= 15 is 0 Å². The number of carboxylic acids is 1. The fourth-order valence-electron chi connectivity index (χ4n) is 0.703. The summed E-state index contributed by atoms with van der Waals surface area (Å²) in [5.41, 5.74) is -0.989. The van der Waals surface area contributed by atoms with E-state index in [0.717, 1.165) is 12.3 Å². The fourth-order valence-corrected chi connectivity index (χ4v) is 0.703. The van der Waals surface area contributed by atoms with Gasteiger partial charge in [0.05, 0.1) is 0 Å². The summed E-state index contributed by atoms with van der Waals surface area (Å²) in [6.45, 7) is 0. The Hall–Kier alpha value is -2.09. The summed E-state index contributed by atoms with van der Waals surface area (Å²) in [5, 5.41) is 16.8. The van der Waals surface area contributed by atoms with E-state index < -0.39 is 11.4 Å². The van der Waals surface area contributed by atoms with Gasteiger partial charge >= 0.3 is 5.97 Å². The third-order valence-electron chi connectivity index (χ3n) is 1.26. The van der Waals surface area contributed by atoms with E-state index in [9.17, 15) is 9.59 Å². The molecular formula is C7H4N2O3. The first-order valence-electron chi connectivity index (χ1n) is 3.01. The third-order valence-corrected chi connectivity index (χ3v) is 1.26. The van der Waals surface area contributed by atoms with Crippen molar-refractivity contribution in [1.29, 1.82) is 5.26 Å². The molecule has 5 heteroatoms. The zero-order valence-corrected chi connectivity index (χ0v) is 5.87. The molecule has 0 aromatic carbocycles. The quantitative estimate of drug-likeness (QED) is 0.608. The van der Waals surface area contributed by atoms with E-state index in [1.807, 2.05) is 0 Å². The number of hydrogen-bond donors (Lipinski definition) is 2. The van der Waals surface area contributed by atoms with Gasteiger partial charge in [0.25, 0.3) is 0 Å². The Morgan fingerprint density at radius 3 is 2.75 bits per heavy atom. The molecule has 0 atom stereocenters. The van der Waals surface area contributed by atoms with Gasteiger partial charge in [-0.1, -0.05) is 0 Å². The van der Waals surface area contributed by atoms with Crippen LogP contribution in [0.15, 0.2) is 17.1 Å². The van der Waals surface area contributed by atoms with Crippen LogP contribution in [0.1, 0.15) is 16.1 Å². The number of aromatic amines is 1. The number of nitrogens with zero attached hydrogens (tertiary/aromatic N) is 1. The molecule has 12 heavy (non-hydrogen) atoms. The first-order chi connectivity index (χ1) is 5.65. The summed E-state index contributed by atoms with van der Waals surface area (Å²) in [6.07, 6.45) is 1.00. The molecule has 0 saturated heterocycles. The van der Waals surface area contributed by atoms with Crippen molar-refractivity contribution >= 4 is 5.97 Å². The maximum atomic E-state index is 10.9. The zero-order chi connectivity index (χ0) is 9.14. The molecule has 1 aromatic heterocycles. The van der Waals surface area contributed by atoms with Gasteiger partial charge in [-0.05, 0) is 0 Å². The molecule has 0 fully saturated rings. The molecule has 0 spiro atoms. The maximum absolute atomic E-state index is 10.9. The SMILES string of the molecule is N#Cc1cc(=O)c(C(=O)O)c[nH]1. The van der Waals surface area contributed by atoms with Crippen molar-refractivity contribution in [3.8, 4) is 6.07 Å². The van der Waals surface area contributed by atoms with Crippen LogP contribution in [0.4, 0.5) is 0 Å². The Balaban J connectivity index is 3.33. The van der Waals surface area contributed by atoms with Gasteiger partial charge in [-0.2, -0.15) is 5.26 Å². The van der Waals surface area contributed by atoms with E-state index in [1.54, 1.807) is 6.07 Å². The van der Waals surface area contributed by atoms with E-state index in [-0.39, 0.29) is 11.3 Å². The lowest BCUT2D eigenvalue weighted by atomic mass is 10.2. The van der Waals surface area contributed by atoms with Crippen LogP contribution in [0.25, 0.3) is 0 Å². The number of nitrogens with one attached hydrogen (secondary N) is 1. The minimum atomic E-state index is -1.30. The molecule has 1 rings (SSSR count). The van der Waals surface area contributed by atoms with Gasteiger partial charge in [0, 0.05) is 12.3 Å². The molecule has 0 aliphatic heterocycles. The Kier molecular flexibility index (Phi) is 1.92. The fraction of sp³-hybridized carbons (Fsp3) is 0. The number of nitriles is 1. The number of aromatic carboxylic acids is 1. The number of hydrogen-bond acceptors (Lipinski definition) is 3. The van der Waals surface area contributed by atoms with Gasteiger partial charge in [-0.15, -0.1) is 0 Å². The smallest absolute Gasteiger partial charge is 0.341 e. The van der Waals surface area contributed by atoms with Gasteiger partial charge < -0.3 is 10.1 Å². The van der Waals surface area contributed by atoms with Crippen LogP contribution in [0.2, 0.25) is 0 Å². The van der Waals surface area contributed by atoms with Crippen molar-refractivity contribution < 1.29 is 9.90 Å². The standard InChI is InChI=1S/C7H4N2O3/c8-2-4-1-6(10)5(3-9-4)7(11)12/h1,3H,(H,9,10)(H,11,12). The average molecular weight is 164 g/mol. The molecule has 1 aromatic rings. The van der Waals surface area contributed by atoms with Crippen molar-refractivity contribution in [2.45, 2.75) is 0 Å². The van der Waals surface area contributed by atoms with Crippen LogP contribution in [0.3, 0.4) is 0 Å². The van der Waals surface area contributed by atoms with E-state index in [1.165, 1.54) is 0 Å². The van der Waals surface area contributed by atoms with E-state index in [4.69, 9.17) is 10.4 Å². The van der Waals surface area contributed by atoms with Crippen molar-refractivity contribution in [3.05, 3.63) is 33.7 Å². The molecule has 0 aliphatic rings. The molecule has 60 valence electrons. The molecule has 0 radical (unpaired) electrons. The molecule has 0 bridgehead atoms. The second-order valence-corrected chi connectivity index (χ2v) is 2.04. The number of pyridine rings is 1. The van der Waals surface area contributed by atoms with Crippen molar-refractivity contribution in [1.82, 2.24) is 4.98 Å². The Bertz CT molecular complexity index is 413. The predicted octanol–water partition coefficient (Wildman–Crippen LogP) is -0.0552. The van der Waals surface area contributed by atoms with Crippen LogP contribution in [-0.4, -0.2) is 16.1 Å². The largest absolute Gasteiger partial charge is 0.477 e. The van der Waals surface area contributed by atoms with E-state index in [0.29, 0.717) is 0 Å². The Labute approximate surface area is 66.9 Å². The minimum Gasteiger partial charge on any atom is -0.477 e. The first-order valence-corrected chi connectivity index (χ1v) is 3.01. The highest BCUT2D eigenvalue weighted by Crippen LogP contribution is 1.91. The summed E-state index contributed by atoms with van der Waals surface area (Å²) in [6, 6.07) is 2.63. The highest BCUT2D eigenvalue weighted by atomic mass is 16.4. The zero-order valence-electron chi connectivity index (χ0n) is 5.87. The second kappa shape index (κ2) is 2.88. The second-order valence-electron chi connectivity index (χ2n) is 2.04. The van der Waals surface area contributed by atoms with Gasteiger partial charge in [0.2, 0.25) is 0 Å². The normalized spacial score (nSPS) is 8.92. The molecule has 0 saturated carbocycles. The van der Waals surface area contributed by atoms with Crippen LogP contribution in [-0.2, 0) is 0 Å². The van der Waals surface area contributed by atoms with Crippen LogP contribution in [0.5, 0.6) is 0 Å². The van der Waals surface area contributed by atoms with Gasteiger partial charge in [0.1, 0.15) is 17.3 Å². The first kappa shape index (κ1) is 8.01. The lowest BCUT2D eigenvalue weighted by molar-refractivity contribution is 0.0695. The number of aromatic nitrogens is 1. The van der Waals surface area contributed by atoms with Crippen LogP contribution >= 0.6 is 0 Å². The average Bonchev–Trinajstić information content (AvgIpc) is 2.03. The molecule has 0 aliphatic carbocycles. The lowest BCUT2D eigenvalue weighted by Gasteiger charge is -1.91. The summed E-state index contributed by atoms with van der Waals surface area (Å²) in [5.74, 6) is -1.30. The molecule has 2 N–H and O–H groups in total. The van der Waals surface area contributed by atoms with Gasteiger partial charge in [-0.25, -0.2) is 4.79 Å². The Morgan fingerprint density at radius 1 is 1.67 bits per heavy atom. The van der Waals surface area contributed by atoms with Crippen molar-refractivity contribution in [2.24, 2.45) is 0 Å². The number of carboxylic acid groups (broad SMARTS) is 1. The summed E-state index contributed by atoms with van der Waals surface area (Å²) >= 11 is 0. The highest BCUT2D eigenvalue weighted by molar-refractivity contribution is 5.87. The predicted molar refractivity (Wildman–Crippen MR) is 38.7 cm³/mol. The van der Waals surface area contributed by atoms with Crippen molar-refractivity contribution in [3.63, 3.8) is 0 Å². The monoisotopic (exact) mass is 164 g/mol. The molecule has 5 nitrogen and oxygen atoms in total. The number of carbonyl (C=O) groups is 1. The molecule has 0 unspecified atom stereocenters. The van der Waals surface area contributed by atoms with Crippen LogP contribution < -0.4 is 5.43 Å². The lowest BCUT2D eigenvalue weighted by Crippen LogP contribution is -2.14. The summed E-state index contributed by atoms with van der Waals surface area (Å²) < 4.78 is 0. The molecular weight excluding hydrogens is 160 g/mol. The summed E-state index contributed by atoms with van der Waals surface area (Å²) in [4.78, 5) is 23.6. The highest BCUT2D eigenvalue weighted by Gasteiger charge is 2.07. The number of rotatable bonds is 1. The molecule has 1 heterocycles.